The molecule has 1 saturated carbocycles. The highest BCUT2D eigenvalue weighted by Gasteiger charge is 2.34. The molecule has 4 rings (SSSR count). The van der Waals surface area contributed by atoms with Gasteiger partial charge in [0.15, 0.2) is 6.29 Å². The Bertz CT molecular complexity index is 1050. The number of amides is 1. The molecule has 36 heavy (non-hydrogen) atoms. The van der Waals surface area contributed by atoms with E-state index in [-0.39, 0.29) is 29.9 Å². The number of benzene rings is 1. The van der Waals surface area contributed by atoms with Crippen molar-refractivity contribution in [1.29, 1.82) is 0 Å². The number of hydrogen-bond donors (Lipinski definition) is 5. The van der Waals surface area contributed by atoms with Crippen molar-refractivity contribution in [2.45, 2.75) is 56.7 Å². The van der Waals surface area contributed by atoms with Gasteiger partial charge in [-0.3, -0.25) is 14.9 Å². The van der Waals surface area contributed by atoms with Crippen molar-refractivity contribution < 1.29 is 14.7 Å². The smallest absolute Gasteiger partial charge is 0.255 e. The number of piperidine rings is 1. The fraction of sp³-hybridized carbons (Fsp3) is 0.429. The van der Waals surface area contributed by atoms with E-state index in [4.69, 9.17) is 5.73 Å². The van der Waals surface area contributed by atoms with Crippen LogP contribution in [-0.4, -0.2) is 48.7 Å². The summed E-state index contributed by atoms with van der Waals surface area (Å²) in [6.45, 7) is 2.15. The number of hydrogen-bond acceptors (Lipinski definition) is 7. The van der Waals surface area contributed by atoms with Crippen LogP contribution in [0.4, 0.5) is 5.69 Å². The van der Waals surface area contributed by atoms with Crippen molar-refractivity contribution in [3.8, 4) is 0 Å². The molecule has 3 aliphatic rings. The van der Waals surface area contributed by atoms with Crippen molar-refractivity contribution in [2.75, 3.05) is 24.6 Å². The van der Waals surface area contributed by atoms with E-state index < -0.39 is 0 Å². The van der Waals surface area contributed by atoms with Gasteiger partial charge in [-0.2, -0.15) is 0 Å². The molecule has 2 aliphatic heterocycles. The molecule has 2 fully saturated rings. The Morgan fingerprint density at radius 3 is 2.50 bits per heavy atom. The fourth-order valence-corrected chi connectivity index (χ4v) is 5.18. The number of nitrogens with one attached hydrogen (secondary N) is 3. The second-order valence-corrected chi connectivity index (χ2v) is 9.77. The first-order valence-electron chi connectivity index (χ1n) is 12.8. The van der Waals surface area contributed by atoms with E-state index in [0.717, 1.165) is 44.5 Å². The summed E-state index contributed by atoms with van der Waals surface area (Å²) in [7, 11) is 0. The van der Waals surface area contributed by atoms with E-state index in [1.807, 2.05) is 30.4 Å². The van der Waals surface area contributed by atoms with Gasteiger partial charge in [-0.05, 0) is 74.6 Å². The van der Waals surface area contributed by atoms with Crippen LogP contribution in [0.1, 0.15) is 55.3 Å². The van der Waals surface area contributed by atoms with Crippen LogP contribution in [0.5, 0.6) is 0 Å². The first kappa shape index (κ1) is 25.7. The Balaban J connectivity index is 1.39. The molecule has 1 aromatic rings. The zero-order chi connectivity index (χ0) is 25.4. The van der Waals surface area contributed by atoms with Crippen LogP contribution in [0.25, 0.3) is 0 Å². The summed E-state index contributed by atoms with van der Waals surface area (Å²) in [6.07, 6.45) is 16.8. The number of aldehydes is 1. The zero-order valence-electron chi connectivity index (χ0n) is 20.7. The summed E-state index contributed by atoms with van der Waals surface area (Å²) in [5, 5.41) is 19.5. The second kappa shape index (κ2) is 12.1. The van der Waals surface area contributed by atoms with Crippen molar-refractivity contribution >= 4 is 17.9 Å². The van der Waals surface area contributed by atoms with Gasteiger partial charge in [0.05, 0.1) is 18.5 Å². The number of nitrogens with two attached hydrogens (primary N) is 1. The van der Waals surface area contributed by atoms with Gasteiger partial charge < -0.3 is 26.4 Å². The molecule has 0 aromatic heterocycles. The minimum absolute atomic E-state index is 0.0812. The Morgan fingerprint density at radius 1 is 1.14 bits per heavy atom. The van der Waals surface area contributed by atoms with Crippen molar-refractivity contribution in [3.05, 3.63) is 77.3 Å². The summed E-state index contributed by atoms with van der Waals surface area (Å²) >= 11 is 0. The third kappa shape index (κ3) is 6.25. The van der Waals surface area contributed by atoms with Crippen LogP contribution in [0.15, 0.2) is 71.7 Å². The summed E-state index contributed by atoms with van der Waals surface area (Å²) in [5.41, 5.74) is 8.58. The molecule has 6 N–H and O–H groups in total. The predicted molar refractivity (Wildman–Crippen MR) is 142 cm³/mol. The standard InChI is InChI=1S/C28H37N5O3/c29-18-22(25-7-6-8-26(31-25)32-28(20-35)13-2-3-14-28)17-23(19-34)30-27(36)21-9-11-24(12-10-21)33-15-4-1-5-16-33/h6-12,17-19,26,31-32,35H,1-5,13-16,20,29H2,(H,30,36)/b22-18+,23-17+. The predicted octanol–water partition coefficient (Wildman–Crippen LogP) is 2.60. The van der Waals surface area contributed by atoms with Gasteiger partial charge in [0.2, 0.25) is 0 Å². The normalized spacial score (nSPS) is 22.1. The lowest BCUT2D eigenvalue weighted by molar-refractivity contribution is -0.105. The van der Waals surface area contributed by atoms with Gasteiger partial charge in [-0.15, -0.1) is 0 Å². The van der Waals surface area contributed by atoms with Crippen molar-refractivity contribution in [2.24, 2.45) is 5.73 Å². The lowest BCUT2D eigenvalue weighted by Crippen LogP contribution is -2.55. The van der Waals surface area contributed by atoms with Gasteiger partial charge in [-0.25, -0.2) is 0 Å². The molecule has 8 heteroatoms. The van der Waals surface area contributed by atoms with Gasteiger partial charge >= 0.3 is 0 Å². The average Bonchev–Trinajstić information content (AvgIpc) is 3.40. The molecule has 2 heterocycles. The third-order valence-electron chi connectivity index (χ3n) is 7.24. The topological polar surface area (TPSA) is 120 Å². The molecule has 0 radical (unpaired) electrons. The van der Waals surface area contributed by atoms with Crippen molar-refractivity contribution in [1.82, 2.24) is 16.0 Å². The van der Waals surface area contributed by atoms with Gasteiger partial charge in [0, 0.05) is 47.3 Å². The number of carbonyl (C=O) groups is 2. The number of nitrogens with zero attached hydrogens (tertiary/aromatic N) is 1. The van der Waals surface area contributed by atoms with E-state index >= 15 is 0 Å². The van der Waals surface area contributed by atoms with Crippen LogP contribution in [0.3, 0.4) is 0 Å². The van der Waals surface area contributed by atoms with E-state index in [1.54, 1.807) is 18.2 Å². The van der Waals surface area contributed by atoms with Crippen LogP contribution < -0.4 is 26.6 Å². The molecular weight excluding hydrogens is 454 g/mol. The highest BCUT2D eigenvalue weighted by atomic mass is 16.3. The van der Waals surface area contributed by atoms with Gasteiger partial charge in [0.25, 0.3) is 5.91 Å². The van der Waals surface area contributed by atoms with E-state index in [1.165, 1.54) is 25.5 Å². The zero-order valence-corrected chi connectivity index (χ0v) is 20.7. The molecule has 192 valence electrons. The molecule has 1 aromatic carbocycles. The molecule has 1 unspecified atom stereocenters. The number of anilines is 1. The lowest BCUT2D eigenvalue weighted by atomic mass is 9.98. The van der Waals surface area contributed by atoms with Crippen LogP contribution in [0, 0.1) is 0 Å². The minimum atomic E-state index is -0.356. The quantitative estimate of drug-likeness (QED) is 0.205. The fourth-order valence-electron chi connectivity index (χ4n) is 5.18. The molecule has 1 atom stereocenters. The number of allylic oxidation sites excluding steroid dienone is 4. The van der Waals surface area contributed by atoms with E-state index in [0.29, 0.717) is 23.1 Å². The Labute approximate surface area is 213 Å². The van der Waals surface area contributed by atoms with E-state index in [9.17, 15) is 14.7 Å². The van der Waals surface area contributed by atoms with Crippen LogP contribution in [-0.2, 0) is 4.79 Å². The number of dihydropyridines is 1. The Morgan fingerprint density at radius 2 is 1.86 bits per heavy atom. The molecule has 1 saturated heterocycles. The van der Waals surface area contributed by atoms with Crippen LogP contribution in [0.2, 0.25) is 0 Å². The molecule has 0 spiro atoms. The first-order valence-corrected chi connectivity index (χ1v) is 12.8. The highest BCUT2D eigenvalue weighted by Crippen LogP contribution is 2.30. The number of aliphatic hydroxyl groups is 1. The maximum absolute atomic E-state index is 12.8. The lowest BCUT2D eigenvalue weighted by Gasteiger charge is -2.34. The highest BCUT2D eigenvalue weighted by molar-refractivity contribution is 5.98. The maximum Gasteiger partial charge on any atom is 0.255 e. The van der Waals surface area contributed by atoms with E-state index in [2.05, 4.69) is 20.9 Å². The number of carbonyl (C=O) groups excluding carboxylic acids is 2. The molecular formula is C28H37N5O3. The second-order valence-electron chi connectivity index (χ2n) is 9.77. The Hall–Kier alpha value is -3.36. The van der Waals surface area contributed by atoms with Gasteiger partial charge in [0.1, 0.15) is 0 Å². The summed E-state index contributed by atoms with van der Waals surface area (Å²) in [4.78, 5) is 26.9. The largest absolute Gasteiger partial charge is 0.404 e. The molecule has 1 amide bonds. The third-order valence-corrected chi connectivity index (χ3v) is 7.24. The minimum Gasteiger partial charge on any atom is -0.404 e. The summed E-state index contributed by atoms with van der Waals surface area (Å²) in [6, 6.07) is 7.48. The molecule has 0 bridgehead atoms. The monoisotopic (exact) mass is 491 g/mol. The number of aliphatic hydroxyl groups excluding tert-OH is 1. The summed E-state index contributed by atoms with van der Waals surface area (Å²) in [5.74, 6) is -0.356. The van der Waals surface area contributed by atoms with Crippen molar-refractivity contribution in [3.63, 3.8) is 0 Å². The van der Waals surface area contributed by atoms with Crippen LogP contribution >= 0.6 is 0 Å². The Kier molecular flexibility index (Phi) is 8.61. The summed E-state index contributed by atoms with van der Waals surface area (Å²) < 4.78 is 0. The maximum atomic E-state index is 12.8. The SMILES string of the molecule is N/C=C(\C=C(/C=O)NC(=O)c1ccc(N2CCCCC2)cc1)C1=CC=CC(NC2(CO)CCCC2)N1. The van der Waals surface area contributed by atoms with Gasteiger partial charge in [-0.1, -0.05) is 18.9 Å². The number of rotatable bonds is 9. The molecule has 1 aliphatic carbocycles. The molecule has 8 nitrogen and oxygen atoms in total. The average molecular weight is 492 g/mol. The first-order chi connectivity index (χ1) is 17.6.